The monoisotopic (exact) mass is 376 g/mol. The Morgan fingerprint density at radius 2 is 1.67 bits per heavy atom. The molecule has 2 rings (SSSR count). The van der Waals surface area contributed by atoms with Crippen LogP contribution in [0.1, 0.15) is 63.7 Å². The summed E-state index contributed by atoms with van der Waals surface area (Å²) in [4.78, 5) is 36.0. The molecule has 1 aliphatic carbocycles. The van der Waals surface area contributed by atoms with Crippen LogP contribution in [0.25, 0.3) is 0 Å². The van der Waals surface area contributed by atoms with Gasteiger partial charge in [0.1, 0.15) is 5.60 Å². The first-order chi connectivity index (χ1) is 12.6. The second-order valence-electron chi connectivity index (χ2n) is 7.74. The molecular weight excluding hydrogens is 348 g/mol. The maximum atomic E-state index is 12.2. The molecule has 1 aromatic carbocycles. The van der Waals surface area contributed by atoms with Crippen molar-refractivity contribution in [1.29, 1.82) is 0 Å². The molecule has 2 amide bonds. The van der Waals surface area contributed by atoms with E-state index in [1.807, 2.05) is 0 Å². The Balaban J connectivity index is 1.85. The van der Waals surface area contributed by atoms with Gasteiger partial charge in [-0.1, -0.05) is 12.8 Å². The molecule has 27 heavy (non-hydrogen) atoms. The van der Waals surface area contributed by atoms with Gasteiger partial charge in [-0.05, 0) is 64.8 Å². The van der Waals surface area contributed by atoms with Gasteiger partial charge in [0.2, 0.25) is 0 Å². The van der Waals surface area contributed by atoms with Crippen molar-refractivity contribution in [2.24, 2.45) is 0 Å². The number of rotatable bonds is 5. The van der Waals surface area contributed by atoms with E-state index in [0.29, 0.717) is 11.3 Å². The molecule has 1 saturated carbocycles. The number of benzene rings is 1. The number of ether oxygens (including phenoxy) is 2. The van der Waals surface area contributed by atoms with Crippen molar-refractivity contribution in [2.45, 2.75) is 71.1 Å². The van der Waals surface area contributed by atoms with Crippen molar-refractivity contribution in [3.8, 4) is 0 Å². The second kappa shape index (κ2) is 8.88. The van der Waals surface area contributed by atoms with E-state index in [-0.39, 0.29) is 11.9 Å². The first kappa shape index (κ1) is 20.7. The largest absolute Gasteiger partial charge is 0.449 e. The van der Waals surface area contributed by atoms with Crippen LogP contribution in [-0.4, -0.2) is 35.7 Å². The zero-order valence-electron chi connectivity index (χ0n) is 16.3. The summed E-state index contributed by atoms with van der Waals surface area (Å²) in [6.45, 7) is 6.88. The number of carbonyl (C=O) groups excluding carboxylic acids is 3. The summed E-state index contributed by atoms with van der Waals surface area (Å²) in [5.41, 5.74) is 0.196. The van der Waals surface area contributed by atoms with Gasteiger partial charge in [0.05, 0.1) is 5.56 Å². The van der Waals surface area contributed by atoms with Crippen molar-refractivity contribution < 1.29 is 23.9 Å². The highest BCUT2D eigenvalue weighted by Crippen LogP contribution is 2.18. The zero-order valence-corrected chi connectivity index (χ0v) is 16.3. The Kier molecular flexibility index (Phi) is 6.82. The number of hydrogen-bond acceptors (Lipinski definition) is 5. The van der Waals surface area contributed by atoms with Crippen molar-refractivity contribution in [3.05, 3.63) is 29.8 Å². The van der Waals surface area contributed by atoms with Gasteiger partial charge in [-0.3, -0.25) is 10.1 Å². The predicted molar refractivity (Wildman–Crippen MR) is 102 cm³/mol. The number of nitrogens with one attached hydrogen (secondary N) is 2. The highest BCUT2D eigenvalue weighted by atomic mass is 16.6. The summed E-state index contributed by atoms with van der Waals surface area (Å²) in [5, 5.41) is 5.49. The molecule has 1 fully saturated rings. The summed E-state index contributed by atoms with van der Waals surface area (Å²) < 4.78 is 10.4. The minimum absolute atomic E-state index is 0.178. The average Bonchev–Trinajstić information content (AvgIpc) is 3.06. The van der Waals surface area contributed by atoms with Crippen LogP contribution in [0, 0.1) is 0 Å². The number of esters is 1. The standard InChI is InChI=1S/C20H28N2O5/c1-13(17(23)21-15-7-5-6-8-15)26-18(24)14-9-11-16(12-10-14)22-19(25)27-20(2,3)4/h9-13,15H,5-8H2,1-4H3,(H,21,23)(H,22,25)/t13-/m0/s1. The zero-order chi connectivity index (χ0) is 20.0. The van der Waals surface area contributed by atoms with E-state index in [1.165, 1.54) is 12.1 Å². The van der Waals surface area contributed by atoms with E-state index in [2.05, 4.69) is 10.6 Å². The number of hydrogen-bond donors (Lipinski definition) is 2. The van der Waals surface area contributed by atoms with Gasteiger partial charge >= 0.3 is 12.1 Å². The minimum Gasteiger partial charge on any atom is -0.449 e. The molecular formula is C20H28N2O5. The van der Waals surface area contributed by atoms with Crippen LogP contribution in [0.3, 0.4) is 0 Å². The summed E-state index contributed by atoms with van der Waals surface area (Å²) in [5.74, 6) is -0.869. The molecule has 0 aromatic heterocycles. The lowest BCUT2D eigenvalue weighted by molar-refractivity contribution is -0.129. The summed E-state index contributed by atoms with van der Waals surface area (Å²) in [6, 6.07) is 6.37. The molecule has 1 aromatic rings. The van der Waals surface area contributed by atoms with Gasteiger partial charge in [0.25, 0.3) is 5.91 Å². The van der Waals surface area contributed by atoms with Crippen molar-refractivity contribution in [1.82, 2.24) is 5.32 Å². The van der Waals surface area contributed by atoms with Crippen LogP contribution in [-0.2, 0) is 14.3 Å². The van der Waals surface area contributed by atoms with Gasteiger partial charge in [0, 0.05) is 11.7 Å². The van der Waals surface area contributed by atoms with E-state index in [1.54, 1.807) is 39.8 Å². The minimum atomic E-state index is -0.863. The number of amides is 2. The SMILES string of the molecule is C[C@H](OC(=O)c1ccc(NC(=O)OC(C)(C)C)cc1)C(=O)NC1CCCC1. The summed E-state index contributed by atoms with van der Waals surface area (Å²) in [7, 11) is 0. The van der Waals surface area contributed by atoms with Crippen molar-refractivity contribution in [2.75, 3.05) is 5.32 Å². The van der Waals surface area contributed by atoms with Crippen LogP contribution >= 0.6 is 0 Å². The van der Waals surface area contributed by atoms with Crippen LogP contribution < -0.4 is 10.6 Å². The normalized spacial score (nSPS) is 15.7. The molecule has 1 aliphatic rings. The van der Waals surface area contributed by atoms with Crippen LogP contribution in [0.15, 0.2) is 24.3 Å². The van der Waals surface area contributed by atoms with Gasteiger partial charge in [-0.2, -0.15) is 0 Å². The lowest BCUT2D eigenvalue weighted by Crippen LogP contribution is -2.40. The molecule has 0 saturated heterocycles. The Morgan fingerprint density at radius 3 is 2.22 bits per heavy atom. The molecule has 0 heterocycles. The molecule has 1 atom stereocenters. The number of carbonyl (C=O) groups is 3. The fourth-order valence-electron chi connectivity index (χ4n) is 2.78. The number of anilines is 1. The second-order valence-corrected chi connectivity index (χ2v) is 7.74. The predicted octanol–water partition coefficient (Wildman–Crippen LogP) is 3.64. The fraction of sp³-hybridized carbons (Fsp3) is 0.550. The van der Waals surface area contributed by atoms with Gasteiger partial charge < -0.3 is 14.8 Å². The summed E-state index contributed by atoms with van der Waals surface area (Å²) >= 11 is 0. The quantitative estimate of drug-likeness (QED) is 0.765. The van der Waals surface area contributed by atoms with Gasteiger partial charge in [-0.15, -0.1) is 0 Å². The first-order valence-electron chi connectivity index (χ1n) is 9.25. The van der Waals surface area contributed by atoms with Gasteiger partial charge in [0.15, 0.2) is 6.10 Å². The Labute approximate surface area is 159 Å². The van der Waals surface area contributed by atoms with E-state index >= 15 is 0 Å². The Bertz CT molecular complexity index is 673. The maximum absolute atomic E-state index is 12.2. The van der Waals surface area contributed by atoms with Gasteiger partial charge in [-0.25, -0.2) is 9.59 Å². The highest BCUT2D eigenvalue weighted by molar-refractivity contribution is 5.93. The topological polar surface area (TPSA) is 93.7 Å². The smallest absolute Gasteiger partial charge is 0.412 e. The Morgan fingerprint density at radius 1 is 1.07 bits per heavy atom. The van der Waals surface area contributed by atoms with Crippen molar-refractivity contribution in [3.63, 3.8) is 0 Å². The van der Waals surface area contributed by atoms with E-state index in [0.717, 1.165) is 25.7 Å². The molecule has 148 valence electrons. The van der Waals surface area contributed by atoms with E-state index in [9.17, 15) is 14.4 Å². The molecule has 0 aliphatic heterocycles. The van der Waals surface area contributed by atoms with Crippen LogP contribution in [0.2, 0.25) is 0 Å². The molecule has 0 unspecified atom stereocenters. The third-order valence-corrected chi connectivity index (χ3v) is 4.12. The fourth-order valence-corrected chi connectivity index (χ4v) is 2.78. The average molecular weight is 376 g/mol. The molecule has 7 nitrogen and oxygen atoms in total. The van der Waals surface area contributed by atoms with Crippen molar-refractivity contribution >= 4 is 23.7 Å². The third-order valence-electron chi connectivity index (χ3n) is 4.12. The molecule has 0 bridgehead atoms. The lowest BCUT2D eigenvalue weighted by atomic mass is 10.2. The Hall–Kier alpha value is -2.57. The summed E-state index contributed by atoms with van der Waals surface area (Å²) in [6.07, 6.45) is 2.73. The molecule has 7 heteroatoms. The first-order valence-corrected chi connectivity index (χ1v) is 9.25. The van der Waals surface area contributed by atoms with E-state index < -0.39 is 23.8 Å². The van der Waals surface area contributed by atoms with Crippen LogP contribution in [0.5, 0.6) is 0 Å². The maximum Gasteiger partial charge on any atom is 0.412 e. The van der Waals surface area contributed by atoms with E-state index in [4.69, 9.17) is 9.47 Å². The van der Waals surface area contributed by atoms with Crippen LogP contribution in [0.4, 0.5) is 10.5 Å². The molecule has 0 spiro atoms. The molecule has 2 N–H and O–H groups in total. The highest BCUT2D eigenvalue weighted by Gasteiger charge is 2.23. The lowest BCUT2D eigenvalue weighted by Gasteiger charge is -2.19. The molecule has 0 radical (unpaired) electrons. The third kappa shape index (κ3) is 6.92.